The van der Waals surface area contributed by atoms with E-state index < -0.39 is 0 Å². The lowest BCUT2D eigenvalue weighted by molar-refractivity contribution is 0.627. The maximum absolute atomic E-state index is 5.98. The van der Waals surface area contributed by atoms with Crippen LogP contribution in [0.15, 0.2) is 95.7 Å². The third-order valence-electron chi connectivity index (χ3n) is 5.91. The first-order valence-corrected chi connectivity index (χ1v) is 10.7. The van der Waals surface area contributed by atoms with Crippen molar-refractivity contribution >= 4 is 33.0 Å². The van der Waals surface area contributed by atoms with E-state index in [2.05, 4.69) is 39.2 Å². The second-order valence-electron chi connectivity index (χ2n) is 8.02. The molecule has 0 aliphatic carbocycles. The summed E-state index contributed by atoms with van der Waals surface area (Å²) in [4.78, 5) is 20.4. The molecule has 7 aromatic rings. The van der Waals surface area contributed by atoms with Crippen LogP contribution in [-0.4, -0.2) is 24.9 Å². The molecule has 0 saturated carbocycles. The summed E-state index contributed by atoms with van der Waals surface area (Å²) in [5.41, 5.74) is 7.86. The van der Waals surface area contributed by atoms with Crippen molar-refractivity contribution in [2.24, 2.45) is 0 Å². The molecule has 6 heteroatoms. The SMILES string of the molecule is c1ccc2oc(-c3nc4ccc(-c5ccc6nc(-c7ccncc7)[nH]c6c5)cc4[nH]3)cc2c1. The quantitative estimate of drug-likeness (QED) is 0.334. The fraction of sp³-hybridized carbons (Fsp3) is 0. The highest BCUT2D eigenvalue weighted by Gasteiger charge is 2.12. The minimum Gasteiger partial charge on any atom is -0.453 e. The number of fused-ring (bicyclic) bond motifs is 3. The number of para-hydroxylation sites is 1. The van der Waals surface area contributed by atoms with Gasteiger partial charge in [0.1, 0.15) is 11.4 Å². The van der Waals surface area contributed by atoms with Gasteiger partial charge >= 0.3 is 0 Å². The summed E-state index contributed by atoms with van der Waals surface area (Å²) in [5, 5.41) is 1.06. The van der Waals surface area contributed by atoms with E-state index in [1.807, 2.05) is 54.6 Å². The first-order valence-electron chi connectivity index (χ1n) is 10.7. The second kappa shape index (κ2) is 6.90. The van der Waals surface area contributed by atoms with E-state index in [9.17, 15) is 0 Å². The Labute approximate surface area is 188 Å². The third kappa shape index (κ3) is 3.00. The number of furan rings is 1. The van der Waals surface area contributed by atoms with Crippen LogP contribution in [0.3, 0.4) is 0 Å². The average Bonchev–Trinajstić information content (AvgIpc) is 3.59. The van der Waals surface area contributed by atoms with Gasteiger partial charge in [-0.1, -0.05) is 30.3 Å². The zero-order valence-corrected chi connectivity index (χ0v) is 17.4. The molecule has 0 spiro atoms. The van der Waals surface area contributed by atoms with E-state index in [1.165, 1.54) is 0 Å². The topological polar surface area (TPSA) is 83.4 Å². The molecule has 33 heavy (non-hydrogen) atoms. The Bertz CT molecular complexity index is 1740. The van der Waals surface area contributed by atoms with Crippen molar-refractivity contribution in [1.82, 2.24) is 24.9 Å². The molecule has 3 aromatic carbocycles. The molecule has 0 atom stereocenters. The highest BCUT2D eigenvalue weighted by molar-refractivity contribution is 5.89. The maximum Gasteiger partial charge on any atom is 0.174 e. The summed E-state index contributed by atoms with van der Waals surface area (Å²) >= 11 is 0. The van der Waals surface area contributed by atoms with Gasteiger partial charge in [0.2, 0.25) is 0 Å². The van der Waals surface area contributed by atoms with Gasteiger partial charge in [0.25, 0.3) is 0 Å². The Balaban J connectivity index is 1.27. The molecular formula is C27H17N5O. The van der Waals surface area contributed by atoms with Gasteiger partial charge in [-0.05, 0) is 59.7 Å². The van der Waals surface area contributed by atoms with Crippen molar-refractivity contribution in [3.8, 4) is 34.1 Å². The lowest BCUT2D eigenvalue weighted by Gasteiger charge is -2.01. The molecule has 0 unspecified atom stereocenters. The van der Waals surface area contributed by atoms with Gasteiger partial charge in [-0.2, -0.15) is 0 Å². The van der Waals surface area contributed by atoms with Gasteiger partial charge in [-0.25, -0.2) is 9.97 Å². The van der Waals surface area contributed by atoms with Crippen molar-refractivity contribution in [2.75, 3.05) is 0 Å². The number of H-pyrrole nitrogens is 2. The smallest absolute Gasteiger partial charge is 0.174 e. The van der Waals surface area contributed by atoms with E-state index in [0.717, 1.165) is 67.1 Å². The number of nitrogens with zero attached hydrogens (tertiary/aromatic N) is 3. The van der Waals surface area contributed by atoms with Gasteiger partial charge in [0.05, 0.1) is 22.1 Å². The summed E-state index contributed by atoms with van der Waals surface area (Å²) in [6, 6.07) is 26.4. The fourth-order valence-corrected chi connectivity index (χ4v) is 4.24. The minimum atomic E-state index is 0.726. The van der Waals surface area contributed by atoms with Gasteiger partial charge in [-0.3, -0.25) is 4.98 Å². The monoisotopic (exact) mass is 427 g/mol. The molecular weight excluding hydrogens is 410 g/mol. The van der Waals surface area contributed by atoms with Crippen LogP contribution in [0.5, 0.6) is 0 Å². The molecule has 0 amide bonds. The Morgan fingerprint density at radius 2 is 1.27 bits per heavy atom. The number of hydrogen-bond acceptors (Lipinski definition) is 4. The first kappa shape index (κ1) is 17.9. The lowest BCUT2D eigenvalue weighted by atomic mass is 10.0. The van der Waals surface area contributed by atoms with Crippen LogP contribution in [0.2, 0.25) is 0 Å². The highest BCUT2D eigenvalue weighted by Crippen LogP contribution is 2.31. The predicted octanol–water partition coefficient (Wildman–Crippen LogP) is 6.58. The highest BCUT2D eigenvalue weighted by atomic mass is 16.3. The lowest BCUT2D eigenvalue weighted by Crippen LogP contribution is -1.80. The van der Waals surface area contributed by atoms with Crippen LogP contribution in [0, 0.1) is 0 Å². The molecule has 7 rings (SSSR count). The van der Waals surface area contributed by atoms with Gasteiger partial charge < -0.3 is 14.4 Å². The Hall–Kier alpha value is -4.71. The Kier molecular flexibility index (Phi) is 3.75. The maximum atomic E-state index is 5.98. The number of hydrogen-bond donors (Lipinski definition) is 2. The summed E-state index contributed by atoms with van der Waals surface area (Å²) < 4.78 is 5.98. The molecule has 0 aliphatic rings. The van der Waals surface area contributed by atoms with Crippen molar-refractivity contribution in [2.45, 2.75) is 0 Å². The van der Waals surface area contributed by atoms with Gasteiger partial charge in [-0.15, -0.1) is 0 Å². The summed E-state index contributed by atoms with van der Waals surface area (Å²) in [7, 11) is 0. The molecule has 4 aromatic heterocycles. The zero-order chi connectivity index (χ0) is 21.8. The van der Waals surface area contributed by atoms with Crippen molar-refractivity contribution in [1.29, 1.82) is 0 Å². The molecule has 0 radical (unpaired) electrons. The Morgan fingerprint density at radius 1 is 0.606 bits per heavy atom. The summed E-state index contributed by atoms with van der Waals surface area (Å²) in [6.07, 6.45) is 3.54. The average molecular weight is 427 g/mol. The fourth-order valence-electron chi connectivity index (χ4n) is 4.24. The van der Waals surface area contributed by atoms with Crippen LogP contribution >= 0.6 is 0 Å². The third-order valence-corrected chi connectivity index (χ3v) is 5.91. The number of imidazole rings is 2. The molecule has 0 fully saturated rings. The van der Waals surface area contributed by atoms with E-state index in [4.69, 9.17) is 14.4 Å². The number of nitrogens with one attached hydrogen (secondary N) is 2. The number of aromatic nitrogens is 5. The van der Waals surface area contributed by atoms with E-state index in [-0.39, 0.29) is 0 Å². The van der Waals surface area contributed by atoms with Crippen molar-refractivity contribution < 1.29 is 4.42 Å². The molecule has 4 heterocycles. The van der Waals surface area contributed by atoms with Crippen LogP contribution < -0.4 is 0 Å². The predicted molar refractivity (Wildman–Crippen MR) is 130 cm³/mol. The van der Waals surface area contributed by atoms with E-state index >= 15 is 0 Å². The van der Waals surface area contributed by atoms with Crippen LogP contribution in [-0.2, 0) is 0 Å². The van der Waals surface area contributed by atoms with Crippen molar-refractivity contribution in [3.63, 3.8) is 0 Å². The largest absolute Gasteiger partial charge is 0.453 e. The first-order chi connectivity index (χ1) is 16.3. The number of rotatable bonds is 3. The summed E-state index contributed by atoms with van der Waals surface area (Å²) in [5.74, 6) is 2.30. The van der Waals surface area contributed by atoms with Crippen molar-refractivity contribution in [3.05, 3.63) is 91.3 Å². The normalized spacial score (nSPS) is 11.6. The van der Waals surface area contributed by atoms with Crippen LogP contribution in [0.25, 0.3) is 67.1 Å². The van der Waals surface area contributed by atoms with Gasteiger partial charge in [0.15, 0.2) is 11.6 Å². The number of benzene rings is 3. The zero-order valence-electron chi connectivity index (χ0n) is 17.4. The number of aromatic amines is 2. The minimum absolute atomic E-state index is 0.726. The van der Waals surface area contributed by atoms with E-state index in [0.29, 0.717) is 0 Å². The molecule has 0 aliphatic heterocycles. The molecule has 156 valence electrons. The molecule has 0 bridgehead atoms. The summed E-state index contributed by atoms with van der Waals surface area (Å²) in [6.45, 7) is 0. The number of pyridine rings is 1. The Morgan fingerprint density at radius 3 is 2.00 bits per heavy atom. The second-order valence-corrected chi connectivity index (χ2v) is 8.02. The van der Waals surface area contributed by atoms with Gasteiger partial charge in [0, 0.05) is 23.3 Å². The molecule has 2 N–H and O–H groups in total. The van der Waals surface area contributed by atoms with E-state index in [1.54, 1.807) is 12.4 Å². The molecule has 0 saturated heterocycles. The van der Waals surface area contributed by atoms with Crippen LogP contribution in [0.4, 0.5) is 0 Å². The van der Waals surface area contributed by atoms with Crippen LogP contribution in [0.1, 0.15) is 0 Å². The standard InChI is InChI=1S/C27H17N5O/c1-2-4-24-19(3-1)15-25(33-24)27-30-21-8-6-18(14-23(21)32-27)17-5-7-20-22(13-17)31-26(29-20)16-9-11-28-12-10-16/h1-15H,(H,29,31)(H,30,32). The molecule has 6 nitrogen and oxygen atoms in total.